The van der Waals surface area contributed by atoms with Crippen LogP contribution in [0.15, 0.2) is 6.20 Å². The molecule has 1 rings (SSSR count). The Labute approximate surface area is 121 Å². The Morgan fingerprint density at radius 3 is 2.79 bits per heavy atom. The van der Waals surface area contributed by atoms with E-state index < -0.39 is 0 Å². The first-order valence-corrected chi connectivity index (χ1v) is 7.46. The zero-order chi connectivity index (χ0) is 14.3. The van der Waals surface area contributed by atoms with Gasteiger partial charge in [0, 0.05) is 7.11 Å². The van der Waals surface area contributed by atoms with Gasteiger partial charge in [0.05, 0.1) is 36.1 Å². The molecule has 19 heavy (non-hydrogen) atoms. The van der Waals surface area contributed by atoms with E-state index >= 15 is 0 Å². The van der Waals surface area contributed by atoms with E-state index in [2.05, 4.69) is 31.2 Å². The molecule has 0 saturated carbocycles. The third kappa shape index (κ3) is 4.48. The van der Waals surface area contributed by atoms with Crippen LogP contribution in [0, 0.1) is 5.92 Å². The highest BCUT2D eigenvalue weighted by Crippen LogP contribution is 2.30. The quantitative estimate of drug-likeness (QED) is 0.758. The van der Waals surface area contributed by atoms with Crippen molar-refractivity contribution in [1.82, 2.24) is 15.1 Å². The number of hydrogen-bond acceptors (Lipinski definition) is 3. The zero-order valence-corrected chi connectivity index (χ0v) is 13.2. The van der Waals surface area contributed by atoms with Crippen LogP contribution < -0.4 is 5.32 Å². The van der Waals surface area contributed by atoms with Gasteiger partial charge in [0.15, 0.2) is 0 Å². The van der Waals surface area contributed by atoms with Gasteiger partial charge in [-0.25, -0.2) is 0 Å². The Balaban J connectivity index is 2.96. The summed E-state index contributed by atoms with van der Waals surface area (Å²) in [5.74, 6) is 0.528. The molecule has 0 spiro atoms. The van der Waals surface area contributed by atoms with E-state index in [-0.39, 0.29) is 6.04 Å². The van der Waals surface area contributed by atoms with Crippen LogP contribution in [-0.2, 0) is 11.3 Å². The van der Waals surface area contributed by atoms with Gasteiger partial charge in [-0.2, -0.15) is 5.10 Å². The fourth-order valence-electron chi connectivity index (χ4n) is 2.45. The van der Waals surface area contributed by atoms with Gasteiger partial charge in [0.25, 0.3) is 0 Å². The standard InChI is InChI=1S/C14H26ClN3O/c1-5-7-11(3)13(16-6-2)14-12(15)10-17-18(14)8-9-19-4/h10-11,13,16H,5-9H2,1-4H3. The van der Waals surface area contributed by atoms with Gasteiger partial charge in [0.2, 0.25) is 0 Å². The topological polar surface area (TPSA) is 39.1 Å². The van der Waals surface area contributed by atoms with Crippen LogP contribution in [0.1, 0.15) is 45.3 Å². The summed E-state index contributed by atoms with van der Waals surface area (Å²) < 4.78 is 7.10. The average molecular weight is 288 g/mol. The van der Waals surface area contributed by atoms with Crippen LogP contribution in [0.3, 0.4) is 0 Å². The molecule has 5 heteroatoms. The minimum atomic E-state index is 0.247. The number of nitrogens with one attached hydrogen (secondary N) is 1. The highest BCUT2D eigenvalue weighted by atomic mass is 35.5. The molecular weight excluding hydrogens is 262 g/mol. The molecule has 1 aromatic heterocycles. The third-order valence-corrected chi connectivity index (χ3v) is 3.66. The Kier molecular flexibility index (Phi) is 7.42. The van der Waals surface area contributed by atoms with Gasteiger partial charge < -0.3 is 10.1 Å². The first kappa shape index (κ1) is 16.5. The number of hydrogen-bond donors (Lipinski definition) is 1. The van der Waals surface area contributed by atoms with Crippen molar-refractivity contribution < 1.29 is 4.74 Å². The summed E-state index contributed by atoms with van der Waals surface area (Å²) in [5, 5.41) is 8.65. The fraction of sp³-hybridized carbons (Fsp3) is 0.786. The maximum Gasteiger partial charge on any atom is 0.0834 e. The lowest BCUT2D eigenvalue weighted by atomic mass is 9.94. The third-order valence-electron chi connectivity index (χ3n) is 3.37. The summed E-state index contributed by atoms with van der Waals surface area (Å²) in [6, 6.07) is 0.247. The summed E-state index contributed by atoms with van der Waals surface area (Å²) in [7, 11) is 1.70. The van der Waals surface area contributed by atoms with E-state index in [1.54, 1.807) is 13.3 Å². The van der Waals surface area contributed by atoms with Gasteiger partial charge in [0.1, 0.15) is 0 Å². The highest BCUT2D eigenvalue weighted by Gasteiger charge is 2.24. The summed E-state index contributed by atoms with van der Waals surface area (Å²) in [5.41, 5.74) is 1.08. The Morgan fingerprint density at radius 1 is 1.47 bits per heavy atom. The van der Waals surface area contributed by atoms with E-state index in [0.29, 0.717) is 12.5 Å². The van der Waals surface area contributed by atoms with Crippen molar-refractivity contribution in [2.75, 3.05) is 20.3 Å². The van der Waals surface area contributed by atoms with E-state index in [1.807, 2.05) is 4.68 Å². The molecule has 0 fully saturated rings. The lowest BCUT2D eigenvalue weighted by molar-refractivity contribution is 0.180. The summed E-state index contributed by atoms with van der Waals surface area (Å²) >= 11 is 6.33. The van der Waals surface area contributed by atoms with E-state index in [4.69, 9.17) is 16.3 Å². The molecule has 0 aliphatic rings. The van der Waals surface area contributed by atoms with Crippen LogP contribution >= 0.6 is 11.6 Å². The second-order valence-corrected chi connectivity index (χ2v) is 5.30. The number of ether oxygens (including phenoxy) is 1. The molecular formula is C14H26ClN3O. The van der Waals surface area contributed by atoms with Gasteiger partial charge in [-0.1, -0.05) is 38.8 Å². The van der Waals surface area contributed by atoms with Gasteiger partial charge in [-0.15, -0.1) is 0 Å². The molecule has 0 aliphatic heterocycles. The summed E-state index contributed by atoms with van der Waals surface area (Å²) in [4.78, 5) is 0. The Bertz CT molecular complexity index is 368. The van der Waals surface area contributed by atoms with Crippen molar-refractivity contribution in [2.24, 2.45) is 5.92 Å². The molecule has 0 saturated heterocycles. The fourth-order valence-corrected chi connectivity index (χ4v) is 2.71. The first-order chi connectivity index (χ1) is 9.15. The maximum absolute atomic E-state index is 6.33. The number of aromatic nitrogens is 2. The minimum Gasteiger partial charge on any atom is -0.383 e. The summed E-state index contributed by atoms with van der Waals surface area (Å²) in [6.45, 7) is 8.90. The molecule has 0 bridgehead atoms. The monoisotopic (exact) mass is 287 g/mol. The van der Waals surface area contributed by atoms with Crippen molar-refractivity contribution in [3.63, 3.8) is 0 Å². The normalized spacial score (nSPS) is 14.6. The molecule has 0 amide bonds. The SMILES string of the molecule is CCCC(C)C(NCC)c1c(Cl)cnn1CCOC. The van der Waals surface area contributed by atoms with Crippen molar-refractivity contribution in [3.05, 3.63) is 16.9 Å². The molecule has 1 N–H and O–H groups in total. The highest BCUT2D eigenvalue weighted by molar-refractivity contribution is 6.31. The first-order valence-electron chi connectivity index (χ1n) is 7.09. The second-order valence-electron chi connectivity index (χ2n) is 4.89. The van der Waals surface area contributed by atoms with E-state index in [0.717, 1.165) is 23.8 Å². The minimum absolute atomic E-state index is 0.247. The Hall–Kier alpha value is -0.580. The Morgan fingerprint density at radius 2 is 2.21 bits per heavy atom. The van der Waals surface area contributed by atoms with E-state index in [1.165, 1.54) is 12.8 Å². The molecule has 4 nitrogen and oxygen atoms in total. The van der Waals surface area contributed by atoms with Crippen molar-refractivity contribution in [2.45, 2.75) is 46.2 Å². The van der Waals surface area contributed by atoms with Crippen LogP contribution in [0.2, 0.25) is 5.02 Å². The molecule has 0 aliphatic carbocycles. The second kappa shape index (κ2) is 8.56. The van der Waals surface area contributed by atoms with Crippen molar-refractivity contribution >= 4 is 11.6 Å². The smallest absolute Gasteiger partial charge is 0.0834 e. The van der Waals surface area contributed by atoms with Gasteiger partial charge in [-0.05, 0) is 18.9 Å². The number of nitrogens with zero attached hydrogens (tertiary/aromatic N) is 2. The number of methoxy groups -OCH3 is 1. The van der Waals surface area contributed by atoms with Crippen LogP contribution in [0.4, 0.5) is 0 Å². The largest absolute Gasteiger partial charge is 0.383 e. The molecule has 1 heterocycles. The lowest BCUT2D eigenvalue weighted by Gasteiger charge is -2.26. The predicted octanol–water partition coefficient (Wildman–Crippen LogP) is 3.27. The lowest BCUT2D eigenvalue weighted by Crippen LogP contribution is -2.30. The van der Waals surface area contributed by atoms with E-state index in [9.17, 15) is 0 Å². The van der Waals surface area contributed by atoms with Crippen LogP contribution in [0.25, 0.3) is 0 Å². The molecule has 110 valence electrons. The average Bonchev–Trinajstić information content (AvgIpc) is 2.75. The van der Waals surface area contributed by atoms with Gasteiger partial charge in [-0.3, -0.25) is 4.68 Å². The molecule has 0 radical (unpaired) electrons. The predicted molar refractivity (Wildman–Crippen MR) is 79.6 cm³/mol. The molecule has 0 aromatic carbocycles. The zero-order valence-electron chi connectivity index (χ0n) is 12.4. The maximum atomic E-state index is 6.33. The summed E-state index contributed by atoms with van der Waals surface area (Å²) in [6.07, 6.45) is 4.08. The van der Waals surface area contributed by atoms with Crippen molar-refractivity contribution in [1.29, 1.82) is 0 Å². The van der Waals surface area contributed by atoms with Crippen molar-refractivity contribution in [3.8, 4) is 0 Å². The van der Waals surface area contributed by atoms with Crippen LogP contribution in [0.5, 0.6) is 0 Å². The molecule has 2 atom stereocenters. The molecule has 2 unspecified atom stereocenters. The number of rotatable bonds is 9. The number of halogens is 1. The van der Waals surface area contributed by atoms with Crippen LogP contribution in [-0.4, -0.2) is 30.0 Å². The molecule has 1 aromatic rings. The van der Waals surface area contributed by atoms with Gasteiger partial charge >= 0.3 is 0 Å².